The first-order valence-corrected chi connectivity index (χ1v) is 11.3. The van der Waals surface area contributed by atoms with Crippen molar-refractivity contribution in [1.29, 1.82) is 0 Å². The molecule has 36 heavy (non-hydrogen) atoms. The van der Waals surface area contributed by atoms with Crippen LogP contribution in [-0.2, 0) is 28.7 Å². The van der Waals surface area contributed by atoms with Crippen molar-refractivity contribution in [2.24, 2.45) is 0 Å². The maximum atomic E-state index is 13.5. The molecule has 0 saturated heterocycles. The molecule has 0 aliphatic rings. The number of carbonyl (C=O) groups is 1. The molecule has 190 valence electrons. The average molecular weight is 502 g/mol. The average Bonchev–Trinajstić information content (AvgIpc) is 3.16. The molecule has 2 aromatic heterocycles. The summed E-state index contributed by atoms with van der Waals surface area (Å²) in [6, 6.07) is 8.99. The van der Waals surface area contributed by atoms with E-state index in [4.69, 9.17) is 9.47 Å². The molecule has 0 radical (unpaired) electrons. The topological polar surface area (TPSA) is 99.1 Å². The number of nitrogens with zero attached hydrogens (tertiary/aromatic N) is 3. The van der Waals surface area contributed by atoms with Crippen LogP contribution in [0.15, 0.2) is 41.2 Å². The molecule has 0 amide bonds. The Morgan fingerprint density at radius 2 is 1.81 bits per heavy atom. The molecule has 4 rings (SSSR count). The molecule has 0 aliphatic carbocycles. The summed E-state index contributed by atoms with van der Waals surface area (Å²) in [6.07, 6.45) is -4.52. The quantitative estimate of drug-likeness (QED) is 0.386. The first kappa shape index (κ1) is 25.2. The minimum Gasteiger partial charge on any atom is -0.493 e. The standard InChI is InChI=1S/C25H25F3N4O4/c1-5-35-20-11-19-18(10-16(20)25(26,27)28)29-21(30-19)12-17-14-8-6-7-9-15(14)23(34)32(31-17)13-22(33)36-24(2,3)4/h6-11H,5,12-13H2,1-4H3,(H,29,30). The van der Waals surface area contributed by atoms with E-state index < -0.39 is 28.9 Å². The number of fused-ring (bicyclic) bond motifs is 2. The summed E-state index contributed by atoms with van der Waals surface area (Å²) in [5.41, 5.74) is -1.18. The second kappa shape index (κ2) is 9.29. The van der Waals surface area contributed by atoms with Crippen molar-refractivity contribution in [3.05, 3.63) is 63.8 Å². The highest BCUT2D eigenvalue weighted by Gasteiger charge is 2.35. The number of H-pyrrole nitrogens is 1. The van der Waals surface area contributed by atoms with E-state index in [1.807, 2.05) is 0 Å². The molecule has 0 atom stereocenters. The lowest BCUT2D eigenvalue weighted by Gasteiger charge is -2.19. The molecule has 0 saturated carbocycles. The molecule has 0 unspecified atom stereocenters. The molecule has 1 N–H and O–H groups in total. The molecule has 0 fully saturated rings. The highest BCUT2D eigenvalue weighted by atomic mass is 19.4. The first-order chi connectivity index (χ1) is 16.9. The number of esters is 1. The maximum absolute atomic E-state index is 13.5. The van der Waals surface area contributed by atoms with Crippen LogP contribution in [-0.4, -0.2) is 37.9 Å². The van der Waals surface area contributed by atoms with Gasteiger partial charge in [0.25, 0.3) is 5.56 Å². The Bertz CT molecular complexity index is 1500. The molecule has 0 bridgehead atoms. The van der Waals surface area contributed by atoms with Crippen LogP contribution in [0.1, 0.15) is 44.8 Å². The number of ether oxygens (including phenoxy) is 2. The number of aromatic nitrogens is 4. The number of alkyl halides is 3. The van der Waals surface area contributed by atoms with Crippen LogP contribution in [0.25, 0.3) is 21.8 Å². The highest BCUT2D eigenvalue weighted by molar-refractivity contribution is 5.84. The summed E-state index contributed by atoms with van der Waals surface area (Å²) in [5, 5.41) is 5.28. The monoisotopic (exact) mass is 502 g/mol. The zero-order valence-corrected chi connectivity index (χ0v) is 20.2. The fraction of sp³-hybridized carbons (Fsp3) is 0.360. The van der Waals surface area contributed by atoms with E-state index in [1.165, 1.54) is 6.07 Å². The summed E-state index contributed by atoms with van der Waals surface area (Å²) >= 11 is 0. The van der Waals surface area contributed by atoms with Gasteiger partial charge >= 0.3 is 12.1 Å². The van der Waals surface area contributed by atoms with Gasteiger partial charge in [-0.15, -0.1) is 0 Å². The van der Waals surface area contributed by atoms with Crippen LogP contribution in [0.2, 0.25) is 0 Å². The molecular formula is C25H25F3N4O4. The van der Waals surface area contributed by atoms with Gasteiger partial charge in [-0.05, 0) is 39.8 Å². The molecule has 8 nitrogen and oxygen atoms in total. The van der Waals surface area contributed by atoms with Crippen LogP contribution in [0.4, 0.5) is 13.2 Å². The fourth-order valence-electron chi connectivity index (χ4n) is 3.87. The number of imidazole rings is 1. The Kier molecular flexibility index (Phi) is 6.50. The van der Waals surface area contributed by atoms with Crippen LogP contribution in [0.5, 0.6) is 5.75 Å². The summed E-state index contributed by atoms with van der Waals surface area (Å²) in [4.78, 5) is 32.6. The smallest absolute Gasteiger partial charge is 0.420 e. The highest BCUT2D eigenvalue weighted by Crippen LogP contribution is 2.38. The van der Waals surface area contributed by atoms with Crippen LogP contribution < -0.4 is 10.3 Å². The van der Waals surface area contributed by atoms with Gasteiger partial charge in [-0.1, -0.05) is 18.2 Å². The van der Waals surface area contributed by atoms with Crippen molar-refractivity contribution in [2.45, 2.75) is 52.4 Å². The Balaban J connectivity index is 1.76. The Hall–Kier alpha value is -3.89. The number of benzene rings is 2. The zero-order valence-electron chi connectivity index (χ0n) is 20.2. The van der Waals surface area contributed by atoms with Gasteiger partial charge in [0.05, 0.1) is 40.7 Å². The first-order valence-electron chi connectivity index (χ1n) is 11.3. The van der Waals surface area contributed by atoms with E-state index in [9.17, 15) is 22.8 Å². The second-order valence-electron chi connectivity index (χ2n) is 9.20. The van der Waals surface area contributed by atoms with Gasteiger partial charge < -0.3 is 14.5 Å². The summed E-state index contributed by atoms with van der Waals surface area (Å²) in [7, 11) is 0. The Morgan fingerprint density at radius 3 is 2.44 bits per heavy atom. The number of nitrogens with one attached hydrogen (secondary N) is 1. The number of carbonyl (C=O) groups excluding carboxylic acids is 1. The number of hydrogen-bond donors (Lipinski definition) is 1. The van der Waals surface area contributed by atoms with Gasteiger partial charge in [-0.3, -0.25) is 9.59 Å². The van der Waals surface area contributed by atoms with Crippen LogP contribution >= 0.6 is 0 Å². The zero-order chi connectivity index (χ0) is 26.3. The van der Waals surface area contributed by atoms with Crippen molar-refractivity contribution in [2.75, 3.05) is 6.61 Å². The largest absolute Gasteiger partial charge is 0.493 e. The van der Waals surface area contributed by atoms with Gasteiger partial charge in [-0.2, -0.15) is 18.3 Å². The lowest BCUT2D eigenvalue weighted by atomic mass is 10.1. The summed E-state index contributed by atoms with van der Waals surface area (Å²) < 4.78 is 52.1. The second-order valence-corrected chi connectivity index (χ2v) is 9.20. The Labute approximate surface area is 204 Å². The number of hydrogen-bond acceptors (Lipinski definition) is 6. The fourth-order valence-corrected chi connectivity index (χ4v) is 3.87. The predicted octanol–water partition coefficient (Wildman–Crippen LogP) is 4.62. The third-order valence-corrected chi connectivity index (χ3v) is 5.22. The minimum atomic E-state index is -4.60. The van der Waals surface area contributed by atoms with Gasteiger partial charge in [0.1, 0.15) is 23.7 Å². The van der Waals surface area contributed by atoms with Crippen molar-refractivity contribution in [1.82, 2.24) is 19.7 Å². The minimum absolute atomic E-state index is 0.0704. The number of halogens is 3. The third kappa shape index (κ3) is 5.34. The molecule has 11 heteroatoms. The lowest BCUT2D eigenvalue weighted by Crippen LogP contribution is -2.32. The van der Waals surface area contributed by atoms with Crippen molar-refractivity contribution < 1.29 is 27.4 Å². The van der Waals surface area contributed by atoms with Gasteiger partial charge in [0.2, 0.25) is 0 Å². The van der Waals surface area contributed by atoms with E-state index in [2.05, 4.69) is 15.1 Å². The lowest BCUT2D eigenvalue weighted by molar-refractivity contribution is -0.155. The molecule has 2 aromatic carbocycles. The maximum Gasteiger partial charge on any atom is 0.420 e. The van der Waals surface area contributed by atoms with E-state index >= 15 is 0 Å². The van der Waals surface area contributed by atoms with E-state index in [0.29, 0.717) is 27.8 Å². The number of aromatic amines is 1. The molecule has 2 heterocycles. The summed E-state index contributed by atoms with van der Waals surface area (Å²) in [5.74, 6) is -0.581. The van der Waals surface area contributed by atoms with Crippen molar-refractivity contribution >= 4 is 27.8 Å². The molecule has 4 aromatic rings. The van der Waals surface area contributed by atoms with E-state index in [-0.39, 0.29) is 30.8 Å². The van der Waals surface area contributed by atoms with Gasteiger partial charge in [-0.25, -0.2) is 9.67 Å². The Morgan fingerprint density at radius 1 is 1.11 bits per heavy atom. The van der Waals surface area contributed by atoms with Crippen molar-refractivity contribution in [3.8, 4) is 5.75 Å². The molecular weight excluding hydrogens is 477 g/mol. The number of rotatable bonds is 6. The van der Waals surface area contributed by atoms with E-state index in [0.717, 1.165) is 10.7 Å². The van der Waals surface area contributed by atoms with Gasteiger partial charge in [0, 0.05) is 11.5 Å². The SMILES string of the molecule is CCOc1cc2nc(Cc3nn(CC(=O)OC(C)(C)C)c(=O)c4ccccc34)[nH]c2cc1C(F)(F)F. The van der Waals surface area contributed by atoms with Crippen molar-refractivity contribution in [3.63, 3.8) is 0 Å². The summed E-state index contributed by atoms with van der Waals surface area (Å²) in [6.45, 7) is 6.44. The van der Waals surface area contributed by atoms with Crippen LogP contribution in [0.3, 0.4) is 0 Å². The predicted molar refractivity (Wildman–Crippen MR) is 127 cm³/mol. The van der Waals surface area contributed by atoms with E-state index in [1.54, 1.807) is 52.0 Å². The van der Waals surface area contributed by atoms with Crippen LogP contribution in [0, 0.1) is 0 Å². The van der Waals surface area contributed by atoms with Gasteiger partial charge in [0.15, 0.2) is 0 Å². The third-order valence-electron chi connectivity index (χ3n) is 5.22. The molecule has 0 spiro atoms. The normalized spacial score (nSPS) is 12.3. The molecule has 0 aliphatic heterocycles.